The van der Waals surface area contributed by atoms with Crippen molar-refractivity contribution >= 4 is 5.91 Å². The average Bonchev–Trinajstić information content (AvgIpc) is 2.97. The van der Waals surface area contributed by atoms with Crippen molar-refractivity contribution in [2.24, 2.45) is 5.92 Å². The van der Waals surface area contributed by atoms with Crippen molar-refractivity contribution in [2.45, 2.75) is 33.1 Å². The molecule has 0 bridgehead atoms. The third-order valence-electron chi connectivity index (χ3n) is 3.51. The lowest BCUT2D eigenvalue weighted by Gasteiger charge is -2.14. The van der Waals surface area contributed by atoms with E-state index >= 15 is 0 Å². The fourth-order valence-electron chi connectivity index (χ4n) is 2.58. The zero-order valence-corrected chi connectivity index (χ0v) is 11.8. The van der Waals surface area contributed by atoms with Gasteiger partial charge >= 0.3 is 0 Å². The molecule has 2 rings (SSSR count). The predicted octanol–water partition coefficient (Wildman–Crippen LogP) is 1.37. The van der Waals surface area contributed by atoms with E-state index in [0.717, 1.165) is 25.3 Å². The van der Waals surface area contributed by atoms with E-state index in [1.165, 1.54) is 19.4 Å². The maximum Gasteiger partial charge on any atom is 0.227 e. The van der Waals surface area contributed by atoms with Gasteiger partial charge in [0.05, 0.1) is 12.1 Å². The van der Waals surface area contributed by atoms with Gasteiger partial charge in [-0.3, -0.25) is 4.79 Å². The number of carbonyl (C=O) groups is 1. The van der Waals surface area contributed by atoms with Crippen LogP contribution < -0.4 is 5.32 Å². The van der Waals surface area contributed by atoms with Crippen molar-refractivity contribution in [3.05, 3.63) is 17.5 Å². The number of amides is 1. The highest BCUT2D eigenvalue weighted by Crippen LogP contribution is 2.15. The molecule has 5 nitrogen and oxygen atoms in total. The highest BCUT2D eigenvalue weighted by atomic mass is 16.5. The summed E-state index contributed by atoms with van der Waals surface area (Å²) < 4.78 is 5.04. The fraction of sp³-hybridized carbons (Fsp3) is 0.714. The van der Waals surface area contributed by atoms with E-state index in [1.54, 1.807) is 6.07 Å². The summed E-state index contributed by atoms with van der Waals surface area (Å²) in [5.74, 6) is 1.24. The summed E-state index contributed by atoms with van der Waals surface area (Å²) in [5, 5.41) is 6.77. The molecule has 1 aliphatic heterocycles. The van der Waals surface area contributed by atoms with Gasteiger partial charge in [-0.05, 0) is 38.8 Å². The molecule has 1 fully saturated rings. The molecule has 0 aliphatic carbocycles. The lowest BCUT2D eigenvalue weighted by molar-refractivity contribution is -0.120. The van der Waals surface area contributed by atoms with Gasteiger partial charge in [-0.1, -0.05) is 12.1 Å². The van der Waals surface area contributed by atoms with Crippen LogP contribution in [0.4, 0.5) is 0 Å². The zero-order valence-electron chi connectivity index (χ0n) is 11.8. The van der Waals surface area contributed by atoms with E-state index in [9.17, 15) is 4.79 Å². The summed E-state index contributed by atoms with van der Waals surface area (Å²) in [7, 11) is 0. The molecule has 19 heavy (non-hydrogen) atoms. The monoisotopic (exact) mass is 265 g/mol. The van der Waals surface area contributed by atoms with Crippen molar-refractivity contribution in [3.8, 4) is 0 Å². The van der Waals surface area contributed by atoms with Gasteiger partial charge in [0.1, 0.15) is 5.76 Å². The van der Waals surface area contributed by atoms with Crippen LogP contribution in [0, 0.1) is 12.8 Å². The number of aromatic nitrogens is 1. The Kier molecular flexibility index (Phi) is 4.96. The summed E-state index contributed by atoms with van der Waals surface area (Å²) in [6, 6.07) is 1.80. The van der Waals surface area contributed by atoms with E-state index in [4.69, 9.17) is 4.52 Å². The van der Waals surface area contributed by atoms with Crippen LogP contribution in [0.15, 0.2) is 10.6 Å². The lowest BCUT2D eigenvalue weighted by atomic mass is 10.1. The second-order valence-corrected chi connectivity index (χ2v) is 5.37. The van der Waals surface area contributed by atoms with Crippen LogP contribution in [0.2, 0.25) is 0 Å². The molecule has 1 aliphatic rings. The van der Waals surface area contributed by atoms with Crippen LogP contribution in [0.3, 0.4) is 0 Å². The predicted molar refractivity (Wildman–Crippen MR) is 72.8 cm³/mol. The third kappa shape index (κ3) is 4.35. The van der Waals surface area contributed by atoms with Crippen molar-refractivity contribution in [1.29, 1.82) is 0 Å². The highest BCUT2D eigenvalue weighted by molar-refractivity contribution is 5.77. The number of rotatable bonds is 6. The third-order valence-corrected chi connectivity index (χ3v) is 3.51. The Balaban J connectivity index is 1.67. The average molecular weight is 265 g/mol. The molecule has 1 atom stereocenters. The quantitative estimate of drug-likeness (QED) is 0.844. The van der Waals surface area contributed by atoms with E-state index in [2.05, 4.69) is 22.3 Å². The first-order valence-corrected chi connectivity index (χ1v) is 7.08. The second-order valence-electron chi connectivity index (χ2n) is 5.37. The van der Waals surface area contributed by atoms with Crippen LogP contribution in [-0.4, -0.2) is 42.1 Å². The van der Waals surface area contributed by atoms with Crippen molar-refractivity contribution in [2.75, 3.05) is 26.2 Å². The SMILES string of the molecule is CCCN1CC[C@H](CNC(=O)Cc2cc(C)no2)C1. The molecule has 1 amide bonds. The Labute approximate surface area is 114 Å². The standard InChI is InChI=1S/C14H23N3O2/c1-3-5-17-6-4-12(10-17)9-15-14(18)8-13-7-11(2)16-19-13/h7,12H,3-6,8-10H2,1-2H3,(H,15,18)/t12-/m1/s1. The summed E-state index contributed by atoms with van der Waals surface area (Å²) in [4.78, 5) is 14.2. The van der Waals surface area contributed by atoms with E-state index in [0.29, 0.717) is 11.7 Å². The number of hydrogen-bond donors (Lipinski definition) is 1. The van der Waals surface area contributed by atoms with Gasteiger partial charge in [0.15, 0.2) is 0 Å². The molecule has 1 N–H and O–H groups in total. The smallest absolute Gasteiger partial charge is 0.227 e. The van der Waals surface area contributed by atoms with Gasteiger partial charge < -0.3 is 14.7 Å². The molecule has 0 saturated carbocycles. The van der Waals surface area contributed by atoms with E-state index in [-0.39, 0.29) is 12.3 Å². The van der Waals surface area contributed by atoms with Crippen molar-refractivity contribution in [1.82, 2.24) is 15.4 Å². The van der Waals surface area contributed by atoms with Crippen LogP contribution in [-0.2, 0) is 11.2 Å². The van der Waals surface area contributed by atoms with Gasteiger partial charge in [-0.2, -0.15) is 0 Å². The lowest BCUT2D eigenvalue weighted by Crippen LogP contribution is -2.32. The summed E-state index contributed by atoms with van der Waals surface area (Å²) >= 11 is 0. The Morgan fingerprint density at radius 1 is 1.63 bits per heavy atom. The number of carbonyl (C=O) groups excluding carboxylic acids is 1. The van der Waals surface area contributed by atoms with Crippen LogP contribution in [0.5, 0.6) is 0 Å². The van der Waals surface area contributed by atoms with Gasteiger partial charge in [0.25, 0.3) is 0 Å². The minimum Gasteiger partial charge on any atom is -0.361 e. The van der Waals surface area contributed by atoms with Gasteiger partial charge in [0, 0.05) is 19.2 Å². The van der Waals surface area contributed by atoms with Gasteiger partial charge in [-0.25, -0.2) is 0 Å². The van der Waals surface area contributed by atoms with Crippen LogP contribution in [0.1, 0.15) is 31.2 Å². The number of hydrogen-bond acceptors (Lipinski definition) is 4. The molecule has 1 aromatic heterocycles. The number of nitrogens with zero attached hydrogens (tertiary/aromatic N) is 2. The van der Waals surface area contributed by atoms with Gasteiger partial charge in [-0.15, -0.1) is 0 Å². The molecule has 2 heterocycles. The van der Waals surface area contributed by atoms with Crippen molar-refractivity contribution in [3.63, 3.8) is 0 Å². The number of aryl methyl sites for hydroxylation is 1. The fourth-order valence-corrected chi connectivity index (χ4v) is 2.58. The molecule has 1 saturated heterocycles. The Hall–Kier alpha value is -1.36. The topological polar surface area (TPSA) is 58.4 Å². The summed E-state index contributed by atoms with van der Waals surface area (Å²) in [6.07, 6.45) is 2.66. The first kappa shape index (κ1) is 14.1. The minimum atomic E-state index is 0.0186. The molecule has 0 aromatic carbocycles. The summed E-state index contributed by atoms with van der Waals surface area (Å²) in [5.41, 5.74) is 0.814. The maximum atomic E-state index is 11.8. The molecular weight excluding hydrogens is 242 g/mol. The first-order valence-electron chi connectivity index (χ1n) is 7.08. The largest absolute Gasteiger partial charge is 0.361 e. The maximum absolute atomic E-state index is 11.8. The van der Waals surface area contributed by atoms with Crippen molar-refractivity contribution < 1.29 is 9.32 Å². The van der Waals surface area contributed by atoms with E-state index in [1.807, 2.05) is 6.92 Å². The van der Waals surface area contributed by atoms with Crippen LogP contribution >= 0.6 is 0 Å². The van der Waals surface area contributed by atoms with Crippen LogP contribution in [0.25, 0.3) is 0 Å². The molecule has 0 radical (unpaired) electrons. The first-order chi connectivity index (χ1) is 9.17. The highest BCUT2D eigenvalue weighted by Gasteiger charge is 2.22. The Morgan fingerprint density at radius 3 is 3.16 bits per heavy atom. The Morgan fingerprint density at radius 2 is 2.47 bits per heavy atom. The Bertz CT molecular complexity index is 417. The molecule has 5 heteroatoms. The van der Waals surface area contributed by atoms with E-state index < -0.39 is 0 Å². The molecule has 0 unspecified atom stereocenters. The summed E-state index contributed by atoms with van der Waals surface area (Å²) in [6.45, 7) is 8.26. The normalized spacial score (nSPS) is 19.8. The molecule has 1 aromatic rings. The number of nitrogens with one attached hydrogen (secondary N) is 1. The minimum absolute atomic E-state index is 0.0186. The molecular formula is C14H23N3O2. The number of likely N-dealkylation sites (tertiary alicyclic amines) is 1. The zero-order chi connectivity index (χ0) is 13.7. The molecule has 106 valence electrons. The second kappa shape index (κ2) is 6.70. The molecule has 0 spiro atoms. The van der Waals surface area contributed by atoms with Gasteiger partial charge in [0.2, 0.25) is 5.91 Å².